The minimum Gasteiger partial charge on any atom is -0.457 e. The Morgan fingerprint density at radius 2 is 2.00 bits per heavy atom. The van der Waals surface area contributed by atoms with Crippen molar-refractivity contribution in [3.63, 3.8) is 0 Å². The van der Waals surface area contributed by atoms with Crippen LogP contribution >= 0.6 is 0 Å². The quantitative estimate of drug-likeness (QED) is 0.656. The number of hydrogen-bond donors (Lipinski definition) is 2. The SMILES string of the molecule is COCCCC[C@@](O)(c1ccccc1Oc1ccncc1)C1CCCNC1. The van der Waals surface area contributed by atoms with Crippen molar-refractivity contribution in [2.45, 2.75) is 37.7 Å². The second-order valence-corrected chi connectivity index (χ2v) is 7.20. The number of pyridine rings is 1. The van der Waals surface area contributed by atoms with Crippen LogP contribution in [0.15, 0.2) is 48.8 Å². The number of ether oxygens (including phenoxy) is 2. The molecule has 146 valence electrons. The second-order valence-electron chi connectivity index (χ2n) is 7.20. The molecule has 1 aliphatic rings. The number of nitrogens with one attached hydrogen (secondary N) is 1. The molecule has 5 heteroatoms. The Morgan fingerprint density at radius 1 is 1.19 bits per heavy atom. The molecular weight excluding hydrogens is 340 g/mol. The summed E-state index contributed by atoms with van der Waals surface area (Å²) in [4.78, 5) is 4.04. The molecule has 1 unspecified atom stereocenters. The first kappa shape index (κ1) is 19.8. The molecule has 27 heavy (non-hydrogen) atoms. The van der Waals surface area contributed by atoms with E-state index in [9.17, 15) is 5.11 Å². The summed E-state index contributed by atoms with van der Waals surface area (Å²) in [6.45, 7) is 2.56. The average Bonchev–Trinajstić information content (AvgIpc) is 2.73. The maximum Gasteiger partial charge on any atom is 0.133 e. The highest BCUT2D eigenvalue weighted by Crippen LogP contribution is 2.43. The predicted octanol–water partition coefficient (Wildman–Crippen LogP) is 3.88. The molecule has 0 bridgehead atoms. The minimum atomic E-state index is -0.926. The van der Waals surface area contributed by atoms with E-state index < -0.39 is 5.60 Å². The van der Waals surface area contributed by atoms with Gasteiger partial charge in [0.05, 0.1) is 5.60 Å². The lowest BCUT2D eigenvalue weighted by Crippen LogP contribution is -2.44. The predicted molar refractivity (Wildman–Crippen MR) is 106 cm³/mol. The monoisotopic (exact) mass is 370 g/mol. The molecule has 0 saturated carbocycles. The van der Waals surface area contributed by atoms with Crippen LogP contribution in [0.1, 0.15) is 37.7 Å². The second kappa shape index (κ2) is 9.83. The molecule has 1 saturated heterocycles. The number of benzene rings is 1. The van der Waals surface area contributed by atoms with Gasteiger partial charge in [0, 0.05) is 44.1 Å². The van der Waals surface area contributed by atoms with Gasteiger partial charge in [-0.25, -0.2) is 0 Å². The molecule has 2 heterocycles. The smallest absolute Gasteiger partial charge is 0.133 e. The molecule has 3 rings (SSSR count). The van der Waals surface area contributed by atoms with Gasteiger partial charge in [0.15, 0.2) is 0 Å². The molecule has 0 amide bonds. The molecule has 0 aliphatic carbocycles. The molecule has 1 aromatic carbocycles. The van der Waals surface area contributed by atoms with Gasteiger partial charge in [-0.1, -0.05) is 18.2 Å². The largest absolute Gasteiger partial charge is 0.457 e. The average molecular weight is 370 g/mol. The number of rotatable bonds is 9. The molecule has 1 aliphatic heterocycles. The van der Waals surface area contributed by atoms with Crippen LogP contribution in [0.4, 0.5) is 0 Å². The Kier molecular flexibility index (Phi) is 7.21. The van der Waals surface area contributed by atoms with Gasteiger partial charge in [-0.2, -0.15) is 0 Å². The van der Waals surface area contributed by atoms with E-state index in [1.165, 1.54) is 0 Å². The number of methoxy groups -OCH3 is 1. The van der Waals surface area contributed by atoms with Crippen LogP contribution in [0.5, 0.6) is 11.5 Å². The Hall–Kier alpha value is -1.95. The summed E-state index contributed by atoms with van der Waals surface area (Å²) >= 11 is 0. The summed E-state index contributed by atoms with van der Waals surface area (Å²) in [5.41, 5.74) is -0.0574. The van der Waals surface area contributed by atoms with Crippen molar-refractivity contribution in [3.8, 4) is 11.5 Å². The zero-order valence-electron chi connectivity index (χ0n) is 16.1. The zero-order valence-corrected chi connectivity index (χ0v) is 16.1. The maximum atomic E-state index is 11.9. The van der Waals surface area contributed by atoms with Crippen LogP contribution in [-0.2, 0) is 10.3 Å². The summed E-state index contributed by atoms with van der Waals surface area (Å²) in [5, 5.41) is 15.3. The first-order valence-corrected chi connectivity index (χ1v) is 9.83. The number of piperidine rings is 1. The highest BCUT2D eigenvalue weighted by Gasteiger charge is 2.40. The van der Waals surface area contributed by atoms with Crippen LogP contribution in [0.3, 0.4) is 0 Å². The fourth-order valence-corrected chi connectivity index (χ4v) is 3.91. The van der Waals surface area contributed by atoms with E-state index in [-0.39, 0.29) is 5.92 Å². The van der Waals surface area contributed by atoms with Gasteiger partial charge in [0.2, 0.25) is 0 Å². The summed E-state index contributed by atoms with van der Waals surface area (Å²) < 4.78 is 11.3. The molecule has 2 atom stereocenters. The normalized spacial score (nSPS) is 19.4. The van der Waals surface area contributed by atoms with Crippen molar-refractivity contribution < 1.29 is 14.6 Å². The topological polar surface area (TPSA) is 63.6 Å². The summed E-state index contributed by atoms with van der Waals surface area (Å²) in [7, 11) is 1.72. The fraction of sp³-hybridized carbons (Fsp3) is 0.500. The van der Waals surface area contributed by atoms with Gasteiger partial charge >= 0.3 is 0 Å². The lowest BCUT2D eigenvalue weighted by atomic mass is 9.74. The van der Waals surface area contributed by atoms with Gasteiger partial charge < -0.3 is 19.9 Å². The van der Waals surface area contributed by atoms with Crippen molar-refractivity contribution in [2.24, 2.45) is 5.92 Å². The van der Waals surface area contributed by atoms with E-state index in [0.717, 1.165) is 50.1 Å². The van der Waals surface area contributed by atoms with Crippen molar-refractivity contribution in [1.82, 2.24) is 10.3 Å². The fourth-order valence-electron chi connectivity index (χ4n) is 3.91. The van der Waals surface area contributed by atoms with Gasteiger partial charge in [-0.15, -0.1) is 0 Å². The van der Waals surface area contributed by atoms with E-state index in [0.29, 0.717) is 18.8 Å². The molecular formula is C22H30N2O3. The van der Waals surface area contributed by atoms with Gasteiger partial charge in [0.25, 0.3) is 0 Å². The molecule has 5 nitrogen and oxygen atoms in total. The molecule has 0 spiro atoms. The van der Waals surface area contributed by atoms with Crippen LogP contribution < -0.4 is 10.1 Å². The minimum absolute atomic E-state index is 0.163. The van der Waals surface area contributed by atoms with Gasteiger partial charge in [0.1, 0.15) is 11.5 Å². The number of unbranched alkanes of at least 4 members (excludes halogenated alkanes) is 1. The number of aliphatic hydroxyl groups is 1. The maximum absolute atomic E-state index is 11.9. The molecule has 0 radical (unpaired) electrons. The third kappa shape index (κ3) is 5.06. The molecule has 1 aromatic heterocycles. The lowest BCUT2D eigenvalue weighted by molar-refractivity contribution is -0.0446. The van der Waals surface area contributed by atoms with E-state index in [4.69, 9.17) is 9.47 Å². The highest BCUT2D eigenvalue weighted by atomic mass is 16.5. The molecule has 2 aromatic rings. The van der Waals surface area contributed by atoms with Crippen molar-refractivity contribution in [2.75, 3.05) is 26.8 Å². The van der Waals surface area contributed by atoms with E-state index in [1.807, 2.05) is 36.4 Å². The third-order valence-corrected chi connectivity index (χ3v) is 5.36. The van der Waals surface area contributed by atoms with Crippen LogP contribution in [0.25, 0.3) is 0 Å². The zero-order chi connectivity index (χ0) is 19.0. The Bertz CT molecular complexity index is 689. The van der Waals surface area contributed by atoms with E-state index in [1.54, 1.807) is 19.5 Å². The Labute approximate surface area is 161 Å². The summed E-state index contributed by atoms with van der Waals surface area (Å²) in [6.07, 6.45) is 8.05. The van der Waals surface area contributed by atoms with Crippen LogP contribution in [-0.4, -0.2) is 36.9 Å². The highest BCUT2D eigenvalue weighted by molar-refractivity contribution is 5.41. The van der Waals surface area contributed by atoms with Crippen molar-refractivity contribution in [3.05, 3.63) is 54.4 Å². The number of para-hydroxylation sites is 1. The number of hydrogen-bond acceptors (Lipinski definition) is 5. The first-order valence-electron chi connectivity index (χ1n) is 9.83. The molecule has 2 N–H and O–H groups in total. The molecule has 1 fully saturated rings. The summed E-state index contributed by atoms with van der Waals surface area (Å²) in [5.74, 6) is 1.60. The number of nitrogens with zero attached hydrogens (tertiary/aromatic N) is 1. The van der Waals surface area contributed by atoms with E-state index >= 15 is 0 Å². The van der Waals surface area contributed by atoms with E-state index in [2.05, 4.69) is 10.3 Å². The summed E-state index contributed by atoms with van der Waals surface area (Å²) in [6, 6.07) is 11.5. The van der Waals surface area contributed by atoms with Crippen molar-refractivity contribution >= 4 is 0 Å². The first-order chi connectivity index (χ1) is 13.2. The van der Waals surface area contributed by atoms with Gasteiger partial charge in [-0.3, -0.25) is 4.98 Å². The lowest BCUT2D eigenvalue weighted by Gasteiger charge is -2.40. The Morgan fingerprint density at radius 3 is 2.74 bits per heavy atom. The van der Waals surface area contributed by atoms with Gasteiger partial charge in [-0.05, 0) is 56.8 Å². The standard InChI is InChI=1S/C22H30N2O3/c1-26-16-5-4-12-22(25,18-7-6-13-24-17-18)20-8-2-3-9-21(20)27-19-10-14-23-15-11-19/h2-3,8-11,14-15,18,24-25H,4-7,12-13,16-17H2,1H3/t18?,22-/m0/s1. The Balaban J connectivity index is 1.88. The third-order valence-electron chi connectivity index (χ3n) is 5.36. The van der Waals surface area contributed by atoms with Crippen LogP contribution in [0, 0.1) is 5.92 Å². The number of aromatic nitrogens is 1. The van der Waals surface area contributed by atoms with Crippen molar-refractivity contribution in [1.29, 1.82) is 0 Å². The van der Waals surface area contributed by atoms with Crippen LogP contribution in [0.2, 0.25) is 0 Å².